The van der Waals surface area contributed by atoms with E-state index in [-0.39, 0.29) is 23.2 Å². The number of amides is 1. The normalized spacial score (nSPS) is 15.4. The Morgan fingerprint density at radius 2 is 1.66 bits per heavy atom. The van der Waals surface area contributed by atoms with Crippen molar-refractivity contribution in [1.29, 1.82) is 0 Å². The zero-order valence-corrected chi connectivity index (χ0v) is 19.2. The van der Waals surface area contributed by atoms with Gasteiger partial charge >= 0.3 is 0 Å². The van der Waals surface area contributed by atoms with Crippen molar-refractivity contribution in [1.82, 2.24) is 20.0 Å². The highest BCUT2D eigenvalue weighted by Crippen LogP contribution is 2.19. The number of carbonyl (C=O) groups is 1. The van der Waals surface area contributed by atoms with E-state index >= 15 is 0 Å². The van der Waals surface area contributed by atoms with Crippen molar-refractivity contribution in [2.24, 2.45) is 5.92 Å². The number of aromatic nitrogens is 2. The summed E-state index contributed by atoms with van der Waals surface area (Å²) in [5, 5.41) is 8.45. The van der Waals surface area contributed by atoms with Crippen LogP contribution in [-0.4, -0.2) is 33.7 Å². The van der Waals surface area contributed by atoms with Crippen LogP contribution in [0, 0.1) is 5.92 Å². The predicted octanol–water partition coefficient (Wildman–Crippen LogP) is 4.14. The summed E-state index contributed by atoms with van der Waals surface area (Å²) in [5.74, 6) is 0.561. The maximum absolute atomic E-state index is 13.0. The Bertz CT molecular complexity index is 1140. The first-order chi connectivity index (χ1) is 15.4. The van der Waals surface area contributed by atoms with Crippen LogP contribution in [0.25, 0.3) is 10.8 Å². The van der Waals surface area contributed by atoms with Gasteiger partial charge in [0.05, 0.1) is 11.4 Å². The Morgan fingerprint density at radius 3 is 2.31 bits per heavy atom. The number of likely N-dealkylation sites (tertiary alicyclic amines) is 1. The molecular weight excluding hydrogens is 400 g/mol. The Labute approximate surface area is 189 Å². The van der Waals surface area contributed by atoms with Gasteiger partial charge in [0.1, 0.15) is 0 Å². The van der Waals surface area contributed by atoms with E-state index in [4.69, 9.17) is 0 Å². The summed E-state index contributed by atoms with van der Waals surface area (Å²) in [4.78, 5) is 28.2. The highest BCUT2D eigenvalue weighted by Gasteiger charge is 2.18. The lowest BCUT2D eigenvalue weighted by Gasteiger charge is -2.30. The first kappa shape index (κ1) is 22.2. The Kier molecular flexibility index (Phi) is 6.70. The van der Waals surface area contributed by atoms with Crippen LogP contribution in [0.15, 0.2) is 53.3 Å². The number of hydrogen-bond acceptors (Lipinski definition) is 4. The second-order valence-electron chi connectivity index (χ2n) is 9.20. The van der Waals surface area contributed by atoms with Gasteiger partial charge in [-0.15, -0.1) is 0 Å². The van der Waals surface area contributed by atoms with Crippen LogP contribution in [0.1, 0.15) is 61.3 Å². The van der Waals surface area contributed by atoms with E-state index in [0.29, 0.717) is 17.3 Å². The molecule has 1 aliphatic rings. The average Bonchev–Trinajstić information content (AvgIpc) is 2.80. The summed E-state index contributed by atoms with van der Waals surface area (Å²) < 4.78 is 1.38. The van der Waals surface area contributed by atoms with Crippen LogP contribution in [0.5, 0.6) is 0 Å². The molecule has 32 heavy (non-hydrogen) atoms. The molecule has 6 nitrogen and oxygen atoms in total. The van der Waals surface area contributed by atoms with E-state index in [2.05, 4.69) is 46.5 Å². The molecule has 0 aliphatic carbocycles. The van der Waals surface area contributed by atoms with Gasteiger partial charge in [-0.2, -0.15) is 5.10 Å². The van der Waals surface area contributed by atoms with E-state index < -0.39 is 0 Å². The number of nitrogens with one attached hydrogen (secondary N) is 1. The highest BCUT2D eigenvalue weighted by molar-refractivity contribution is 6.04. The van der Waals surface area contributed by atoms with E-state index in [0.717, 1.165) is 18.0 Å². The van der Waals surface area contributed by atoms with Gasteiger partial charge in [-0.1, -0.05) is 49.4 Å². The maximum Gasteiger partial charge on any atom is 0.274 e. The lowest BCUT2D eigenvalue weighted by atomic mass is 9.99. The molecule has 0 spiro atoms. The zero-order chi connectivity index (χ0) is 22.7. The first-order valence-corrected chi connectivity index (χ1v) is 11.5. The number of nitrogens with zero attached hydrogens (tertiary/aromatic N) is 3. The molecule has 168 valence electrons. The molecule has 0 unspecified atom stereocenters. The van der Waals surface area contributed by atoms with Crippen LogP contribution in [0.3, 0.4) is 0 Å². The molecular formula is C26H32N4O2. The fourth-order valence-corrected chi connectivity index (χ4v) is 4.23. The van der Waals surface area contributed by atoms with Gasteiger partial charge in [0.2, 0.25) is 0 Å². The third-order valence-corrected chi connectivity index (χ3v) is 6.29. The molecule has 6 heteroatoms. The van der Waals surface area contributed by atoms with Crippen LogP contribution in [0.2, 0.25) is 0 Å². The number of piperidine rings is 1. The fraction of sp³-hybridized carbons (Fsp3) is 0.423. The maximum atomic E-state index is 13.0. The molecule has 0 radical (unpaired) electrons. The van der Waals surface area contributed by atoms with E-state index in [1.807, 2.05) is 26.0 Å². The number of carbonyl (C=O) groups excluding carboxylic acids is 1. The summed E-state index contributed by atoms with van der Waals surface area (Å²) in [6.45, 7) is 9.82. The minimum atomic E-state index is -0.276. The van der Waals surface area contributed by atoms with Crippen molar-refractivity contribution in [3.63, 3.8) is 0 Å². The lowest BCUT2D eigenvalue weighted by Crippen LogP contribution is -2.32. The third-order valence-electron chi connectivity index (χ3n) is 6.29. The van der Waals surface area contributed by atoms with Crippen LogP contribution in [-0.2, 0) is 13.1 Å². The minimum Gasteiger partial charge on any atom is -0.347 e. The molecule has 1 saturated heterocycles. The average molecular weight is 433 g/mol. The summed E-state index contributed by atoms with van der Waals surface area (Å²) in [7, 11) is 0. The third kappa shape index (κ3) is 4.91. The summed E-state index contributed by atoms with van der Waals surface area (Å²) in [5.41, 5.74) is 2.44. The molecule has 2 heterocycles. The molecule has 0 saturated carbocycles. The fourth-order valence-electron chi connectivity index (χ4n) is 4.23. The number of fused-ring (bicyclic) bond motifs is 1. The minimum absolute atomic E-state index is 0.130. The number of hydrogen-bond donors (Lipinski definition) is 1. The molecule has 0 bridgehead atoms. The van der Waals surface area contributed by atoms with Gasteiger partial charge in [-0.3, -0.25) is 14.5 Å². The van der Waals surface area contributed by atoms with Gasteiger partial charge in [0.15, 0.2) is 5.69 Å². The van der Waals surface area contributed by atoms with Crippen molar-refractivity contribution < 1.29 is 4.79 Å². The summed E-state index contributed by atoms with van der Waals surface area (Å²) >= 11 is 0. The molecule has 1 amide bonds. The van der Waals surface area contributed by atoms with Gasteiger partial charge in [-0.05, 0) is 62.9 Å². The second kappa shape index (κ2) is 9.65. The standard InChI is InChI=1S/C26H32N4O2/c1-18(2)30-26(32)23-7-5-4-6-22(23)24(28-30)25(31)27-16-20-8-10-21(11-9-20)17-29-14-12-19(3)13-15-29/h4-11,18-19H,12-17H2,1-3H3,(H,27,31). The van der Waals surface area contributed by atoms with Crippen molar-refractivity contribution in [3.05, 3.63) is 75.7 Å². The molecule has 3 aromatic rings. The van der Waals surface area contributed by atoms with E-state index in [1.165, 1.54) is 36.2 Å². The van der Waals surface area contributed by atoms with E-state index in [9.17, 15) is 9.59 Å². The quantitative estimate of drug-likeness (QED) is 0.636. The van der Waals surface area contributed by atoms with Gasteiger partial charge in [-0.25, -0.2) is 4.68 Å². The topological polar surface area (TPSA) is 67.2 Å². The Morgan fingerprint density at radius 1 is 1.03 bits per heavy atom. The Hall–Kier alpha value is -2.99. The SMILES string of the molecule is CC1CCN(Cc2ccc(CNC(=O)c3nn(C(C)C)c(=O)c4ccccc34)cc2)CC1. The largest absolute Gasteiger partial charge is 0.347 e. The molecule has 1 aliphatic heterocycles. The number of rotatable bonds is 6. The highest BCUT2D eigenvalue weighted by atomic mass is 16.2. The van der Waals surface area contributed by atoms with Crippen molar-refractivity contribution in [3.8, 4) is 0 Å². The van der Waals surface area contributed by atoms with E-state index in [1.54, 1.807) is 12.1 Å². The van der Waals surface area contributed by atoms with Gasteiger partial charge < -0.3 is 5.32 Å². The zero-order valence-electron chi connectivity index (χ0n) is 19.2. The van der Waals surface area contributed by atoms with Crippen molar-refractivity contribution >= 4 is 16.7 Å². The van der Waals surface area contributed by atoms with Gasteiger partial charge in [0, 0.05) is 18.5 Å². The van der Waals surface area contributed by atoms with Crippen molar-refractivity contribution in [2.75, 3.05) is 13.1 Å². The smallest absolute Gasteiger partial charge is 0.274 e. The van der Waals surface area contributed by atoms with Crippen LogP contribution >= 0.6 is 0 Å². The molecule has 1 fully saturated rings. The Balaban J connectivity index is 1.44. The second-order valence-corrected chi connectivity index (χ2v) is 9.20. The molecule has 4 rings (SSSR count). The number of benzene rings is 2. The van der Waals surface area contributed by atoms with Crippen molar-refractivity contribution in [2.45, 2.75) is 52.7 Å². The first-order valence-electron chi connectivity index (χ1n) is 11.5. The molecule has 2 aromatic carbocycles. The monoisotopic (exact) mass is 432 g/mol. The predicted molar refractivity (Wildman–Crippen MR) is 128 cm³/mol. The van der Waals surface area contributed by atoms with Crippen LogP contribution < -0.4 is 10.9 Å². The molecule has 1 aromatic heterocycles. The van der Waals surface area contributed by atoms with Gasteiger partial charge in [0.25, 0.3) is 11.5 Å². The molecule has 1 N–H and O–H groups in total. The summed E-state index contributed by atoms with van der Waals surface area (Å²) in [6, 6.07) is 15.5. The molecule has 0 atom stereocenters. The summed E-state index contributed by atoms with van der Waals surface area (Å²) in [6.07, 6.45) is 2.55. The lowest BCUT2D eigenvalue weighted by molar-refractivity contribution is 0.0945. The van der Waals surface area contributed by atoms with Crippen LogP contribution in [0.4, 0.5) is 0 Å².